The average molecular weight is 440 g/mol. The Labute approximate surface area is 171 Å². The highest BCUT2D eigenvalue weighted by atomic mass is 79.9. The standard InChI is InChI=1S/C21H18BrN3O3/c1-27-20-11-16(12-24-25-21(26)17-3-2-10-23-13-17)6-9-19(20)28-14-15-4-7-18(22)8-5-15/h2-13H,14H2,1H3,(H,25,26)/b24-12+. The van der Waals surface area contributed by atoms with Crippen molar-refractivity contribution < 1.29 is 14.3 Å². The van der Waals surface area contributed by atoms with E-state index in [0.29, 0.717) is 23.7 Å². The molecule has 0 aliphatic rings. The number of carbonyl (C=O) groups excluding carboxylic acids is 1. The summed E-state index contributed by atoms with van der Waals surface area (Å²) in [6.45, 7) is 0.429. The van der Waals surface area contributed by atoms with E-state index in [1.54, 1.807) is 31.5 Å². The minimum atomic E-state index is -0.328. The summed E-state index contributed by atoms with van der Waals surface area (Å²) in [6, 6.07) is 16.7. The van der Waals surface area contributed by atoms with Crippen LogP contribution in [0.1, 0.15) is 21.5 Å². The van der Waals surface area contributed by atoms with E-state index in [-0.39, 0.29) is 5.91 Å². The van der Waals surface area contributed by atoms with Crippen LogP contribution in [-0.4, -0.2) is 24.2 Å². The van der Waals surface area contributed by atoms with E-state index in [4.69, 9.17) is 9.47 Å². The molecule has 0 aliphatic carbocycles. The second-order valence-electron chi connectivity index (χ2n) is 5.77. The van der Waals surface area contributed by atoms with E-state index < -0.39 is 0 Å². The Kier molecular flexibility index (Phi) is 6.75. The van der Waals surface area contributed by atoms with Gasteiger partial charge in [-0.1, -0.05) is 28.1 Å². The lowest BCUT2D eigenvalue weighted by atomic mass is 10.2. The van der Waals surface area contributed by atoms with Gasteiger partial charge in [-0.05, 0) is 53.6 Å². The monoisotopic (exact) mass is 439 g/mol. The Hall–Kier alpha value is -3.19. The molecule has 0 aliphatic heterocycles. The third kappa shape index (κ3) is 5.40. The number of carbonyl (C=O) groups is 1. The van der Waals surface area contributed by atoms with E-state index in [1.165, 1.54) is 12.4 Å². The Morgan fingerprint density at radius 1 is 1.18 bits per heavy atom. The molecule has 0 unspecified atom stereocenters. The number of methoxy groups -OCH3 is 1. The van der Waals surface area contributed by atoms with Crippen molar-refractivity contribution in [2.45, 2.75) is 6.61 Å². The van der Waals surface area contributed by atoms with Crippen LogP contribution in [0.2, 0.25) is 0 Å². The minimum absolute atomic E-state index is 0.328. The van der Waals surface area contributed by atoms with Crippen LogP contribution in [0.25, 0.3) is 0 Å². The molecule has 6 nitrogen and oxygen atoms in total. The van der Waals surface area contributed by atoms with Gasteiger partial charge in [0.25, 0.3) is 5.91 Å². The molecule has 1 heterocycles. The third-order valence-electron chi connectivity index (χ3n) is 3.80. The van der Waals surface area contributed by atoms with Gasteiger partial charge in [0.2, 0.25) is 0 Å². The highest BCUT2D eigenvalue weighted by molar-refractivity contribution is 9.10. The van der Waals surface area contributed by atoms with Crippen molar-refractivity contribution in [3.63, 3.8) is 0 Å². The second-order valence-corrected chi connectivity index (χ2v) is 6.68. The first-order valence-electron chi connectivity index (χ1n) is 8.44. The van der Waals surface area contributed by atoms with Crippen molar-refractivity contribution >= 4 is 28.1 Å². The van der Waals surface area contributed by atoms with Gasteiger partial charge < -0.3 is 9.47 Å². The van der Waals surface area contributed by atoms with Crippen LogP contribution in [-0.2, 0) is 6.61 Å². The number of aromatic nitrogens is 1. The third-order valence-corrected chi connectivity index (χ3v) is 4.33. The predicted molar refractivity (Wildman–Crippen MR) is 111 cm³/mol. The number of hydrogen-bond acceptors (Lipinski definition) is 5. The fourth-order valence-corrected chi connectivity index (χ4v) is 2.62. The Morgan fingerprint density at radius 3 is 2.71 bits per heavy atom. The van der Waals surface area contributed by atoms with Gasteiger partial charge in [0.1, 0.15) is 6.61 Å². The molecular formula is C21H18BrN3O3. The summed E-state index contributed by atoms with van der Waals surface area (Å²) in [7, 11) is 1.58. The number of benzene rings is 2. The van der Waals surface area contributed by atoms with Crippen molar-refractivity contribution in [3.8, 4) is 11.5 Å². The number of halogens is 1. The lowest BCUT2D eigenvalue weighted by Crippen LogP contribution is -2.17. The van der Waals surface area contributed by atoms with Crippen molar-refractivity contribution in [2.24, 2.45) is 5.10 Å². The van der Waals surface area contributed by atoms with Gasteiger partial charge in [0.15, 0.2) is 11.5 Å². The Morgan fingerprint density at radius 2 is 2.00 bits per heavy atom. The first-order valence-corrected chi connectivity index (χ1v) is 9.24. The van der Waals surface area contributed by atoms with E-state index in [0.717, 1.165) is 15.6 Å². The van der Waals surface area contributed by atoms with Crippen LogP contribution in [0.3, 0.4) is 0 Å². The molecule has 142 valence electrons. The molecule has 0 spiro atoms. The van der Waals surface area contributed by atoms with Crippen LogP contribution >= 0.6 is 15.9 Å². The van der Waals surface area contributed by atoms with Gasteiger partial charge in [-0.15, -0.1) is 0 Å². The molecule has 3 aromatic rings. The van der Waals surface area contributed by atoms with E-state index in [1.807, 2.05) is 36.4 Å². The number of amides is 1. The Balaban J connectivity index is 1.62. The molecule has 1 aromatic heterocycles. The van der Waals surface area contributed by atoms with Crippen LogP contribution in [0, 0.1) is 0 Å². The maximum Gasteiger partial charge on any atom is 0.272 e. The minimum Gasteiger partial charge on any atom is -0.493 e. The fraction of sp³-hybridized carbons (Fsp3) is 0.0952. The summed E-state index contributed by atoms with van der Waals surface area (Å²) in [5.41, 5.74) is 4.72. The number of pyridine rings is 1. The van der Waals surface area contributed by atoms with Crippen molar-refractivity contribution in [1.29, 1.82) is 0 Å². The number of hydrogen-bond donors (Lipinski definition) is 1. The molecule has 0 atom stereocenters. The highest BCUT2D eigenvalue weighted by Gasteiger charge is 2.06. The molecule has 0 bridgehead atoms. The molecule has 7 heteroatoms. The zero-order valence-corrected chi connectivity index (χ0v) is 16.7. The first-order chi connectivity index (χ1) is 13.7. The number of hydrazone groups is 1. The van der Waals surface area contributed by atoms with Gasteiger partial charge in [-0.2, -0.15) is 5.10 Å². The smallest absolute Gasteiger partial charge is 0.272 e. The summed E-state index contributed by atoms with van der Waals surface area (Å²) in [5.74, 6) is 0.882. The second kappa shape index (κ2) is 9.66. The van der Waals surface area contributed by atoms with E-state index in [2.05, 4.69) is 31.4 Å². The zero-order chi connectivity index (χ0) is 19.8. The molecule has 28 heavy (non-hydrogen) atoms. The Bertz CT molecular complexity index is 960. The quantitative estimate of drug-likeness (QED) is 0.442. The molecular weight excluding hydrogens is 422 g/mol. The lowest BCUT2D eigenvalue weighted by Gasteiger charge is -2.11. The van der Waals surface area contributed by atoms with Gasteiger partial charge in [0, 0.05) is 16.9 Å². The number of ether oxygens (including phenoxy) is 2. The van der Waals surface area contributed by atoms with Crippen molar-refractivity contribution in [1.82, 2.24) is 10.4 Å². The van der Waals surface area contributed by atoms with E-state index >= 15 is 0 Å². The van der Waals surface area contributed by atoms with Gasteiger partial charge in [-0.25, -0.2) is 5.43 Å². The van der Waals surface area contributed by atoms with Crippen molar-refractivity contribution in [3.05, 3.63) is 88.2 Å². The normalized spacial score (nSPS) is 10.6. The number of rotatable bonds is 7. The molecule has 3 rings (SSSR count). The summed E-state index contributed by atoms with van der Waals surface area (Å²) in [4.78, 5) is 15.8. The molecule has 0 radical (unpaired) electrons. The maximum absolute atomic E-state index is 11.9. The molecule has 1 amide bonds. The van der Waals surface area contributed by atoms with Gasteiger partial charge in [-0.3, -0.25) is 9.78 Å². The summed E-state index contributed by atoms with van der Waals surface area (Å²) in [5, 5.41) is 3.97. The largest absolute Gasteiger partial charge is 0.493 e. The van der Waals surface area contributed by atoms with Crippen LogP contribution in [0.4, 0.5) is 0 Å². The molecule has 0 saturated carbocycles. The SMILES string of the molecule is COc1cc(/C=N/NC(=O)c2cccnc2)ccc1OCc1ccc(Br)cc1. The first kappa shape index (κ1) is 19.6. The van der Waals surface area contributed by atoms with Gasteiger partial charge >= 0.3 is 0 Å². The lowest BCUT2D eigenvalue weighted by molar-refractivity contribution is 0.0955. The fourth-order valence-electron chi connectivity index (χ4n) is 2.35. The topological polar surface area (TPSA) is 72.8 Å². The van der Waals surface area contributed by atoms with Crippen molar-refractivity contribution in [2.75, 3.05) is 7.11 Å². The van der Waals surface area contributed by atoms with Crippen LogP contribution in [0.5, 0.6) is 11.5 Å². The predicted octanol–water partition coefficient (Wildman–Crippen LogP) is 4.20. The van der Waals surface area contributed by atoms with Crippen LogP contribution in [0.15, 0.2) is 76.6 Å². The van der Waals surface area contributed by atoms with E-state index in [9.17, 15) is 4.79 Å². The molecule has 2 aromatic carbocycles. The number of nitrogens with one attached hydrogen (secondary N) is 1. The highest BCUT2D eigenvalue weighted by Crippen LogP contribution is 2.28. The molecule has 1 N–H and O–H groups in total. The zero-order valence-electron chi connectivity index (χ0n) is 15.1. The molecule has 0 saturated heterocycles. The number of nitrogens with zero attached hydrogens (tertiary/aromatic N) is 2. The summed E-state index contributed by atoms with van der Waals surface area (Å²) < 4.78 is 12.3. The average Bonchev–Trinajstić information content (AvgIpc) is 2.74. The maximum atomic E-state index is 11.9. The summed E-state index contributed by atoms with van der Waals surface area (Å²) >= 11 is 3.41. The molecule has 0 fully saturated rings. The van der Waals surface area contributed by atoms with Gasteiger partial charge in [0.05, 0.1) is 18.9 Å². The van der Waals surface area contributed by atoms with Crippen LogP contribution < -0.4 is 14.9 Å². The summed E-state index contributed by atoms with van der Waals surface area (Å²) in [6.07, 6.45) is 4.62.